The van der Waals surface area contributed by atoms with Crippen molar-refractivity contribution in [1.82, 2.24) is 14.7 Å². The van der Waals surface area contributed by atoms with Crippen LogP contribution in [0.2, 0.25) is 0 Å². The van der Waals surface area contributed by atoms with Crippen LogP contribution in [0.1, 0.15) is 29.8 Å². The van der Waals surface area contributed by atoms with Gasteiger partial charge in [0.25, 0.3) is 0 Å². The predicted octanol–water partition coefficient (Wildman–Crippen LogP) is 1.12. The minimum atomic E-state index is 0.396. The zero-order valence-electron chi connectivity index (χ0n) is 11.1. The molecule has 0 radical (unpaired) electrons. The van der Waals surface area contributed by atoms with Crippen LogP contribution < -0.4 is 5.73 Å². The molecule has 1 heterocycles. The summed E-state index contributed by atoms with van der Waals surface area (Å²) in [7, 11) is 4.16. The molecular weight excluding hydrogens is 200 g/mol. The van der Waals surface area contributed by atoms with Crippen LogP contribution in [0.3, 0.4) is 0 Å². The van der Waals surface area contributed by atoms with Crippen molar-refractivity contribution in [1.29, 1.82) is 0 Å². The lowest BCUT2D eigenvalue weighted by molar-refractivity contribution is 0.370. The quantitative estimate of drug-likeness (QED) is 0.815. The van der Waals surface area contributed by atoms with Gasteiger partial charge in [-0.1, -0.05) is 6.92 Å². The number of hydrogen-bond acceptors (Lipinski definition) is 3. The van der Waals surface area contributed by atoms with Gasteiger partial charge in [-0.25, -0.2) is 0 Å². The number of aryl methyl sites for hydroxylation is 1. The molecule has 0 aliphatic heterocycles. The number of hydrogen-bond donors (Lipinski definition) is 1. The smallest absolute Gasteiger partial charge is 0.0631 e. The van der Waals surface area contributed by atoms with E-state index in [0.29, 0.717) is 12.5 Å². The van der Waals surface area contributed by atoms with Crippen molar-refractivity contribution in [3.63, 3.8) is 0 Å². The monoisotopic (exact) mass is 224 g/mol. The van der Waals surface area contributed by atoms with Crippen LogP contribution in [0.5, 0.6) is 0 Å². The summed E-state index contributed by atoms with van der Waals surface area (Å²) in [6, 6.07) is 0. The van der Waals surface area contributed by atoms with E-state index in [1.165, 1.54) is 11.3 Å². The third-order valence-corrected chi connectivity index (χ3v) is 3.04. The van der Waals surface area contributed by atoms with Gasteiger partial charge in [-0.05, 0) is 46.0 Å². The molecule has 1 unspecified atom stereocenters. The van der Waals surface area contributed by atoms with Crippen LogP contribution in [0, 0.1) is 13.8 Å². The van der Waals surface area contributed by atoms with Gasteiger partial charge in [0.05, 0.1) is 12.2 Å². The van der Waals surface area contributed by atoms with Crippen LogP contribution in [0.15, 0.2) is 0 Å². The molecular formula is C12H24N4. The third kappa shape index (κ3) is 2.83. The first-order chi connectivity index (χ1) is 7.47. The molecule has 0 spiro atoms. The maximum atomic E-state index is 5.73. The average molecular weight is 224 g/mol. The van der Waals surface area contributed by atoms with Gasteiger partial charge in [-0.3, -0.25) is 4.68 Å². The molecule has 16 heavy (non-hydrogen) atoms. The molecule has 92 valence electrons. The standard InChI is InChI=1S/C12H24N4/c1-9(8-13)12-10(2)14-16(11(12)3)7-6-15(4)5/h9H,6-8,13H2,1-5H3. The van der Waals surface area contributed by atoms with Crippen molar-refractivity contribution in [3.05, 3.63) is 17.0 Å². The number of rotatable bonds is 5. The topological polar surface area (TPSA) is 47.1 Å². The molecule has 0 amide bonds. The van der Waals surface area contributed by atoms with E-state index >= 15 is 0 Å². The zero-order chi connectivity index (χ0) is 12.3. The highest BCUT2D eigenvalue weighted by Gasteiger charge is 2.16. The normalized spacial score (nSPS) is 13.4. The minimum absolute atomic E-state index is 0.396. The van der Waals surface area contributed by atoms with Gasteiger partial charge in [0.2, 0.25) is 0 Å². The van der Waals surface area contributed by atoms with Gasteiger partial charge in [-0.15, -0.1) is 0 Å². The number of nitrogens with zero attached hydrogens (tertiary/aromatic N) is 3. The highest BCUT2D eigenvalue weighted by molar-refractivity contribution is 5.28. The second kappa shape index (κ2) is 5.46. The summed E-state index contributed by atoms with van der Waals surface area (Å²) in [4.78, 5) is 2.17. The van der Waals surface area contributed by atoms with E-state index in [9.17, 15) is 0 Å². The summed E-state index contributed by atoms with van der Waals surface area (Å²) < 4.78 is 2.09. The Morgan fingerprint density at radius 1 is 1.38 bits per heavy atom. The number of aromatic nitrogens is 2. The van der Waals surface area contributed by atoms with Crippen molar-refractivity contribution in [3.8, 4) is 0 Å². The van der Waals surface area contributed by atoms with E-state index in [1.807, 2.05) is 0 Å². The van der Waals surface area contributed by atoms with E-state index in [0.717, 1.165) is 18.8 Å². The molecule has 4 nitrogen and oxygen atoms in total. The molecule has 0 saturated carbocycles. The molecule has 0 aromatic carbocycles. The van der Waals surface area contributed by atoms with Crippen molar-refractivity contribution >= 4 is 0 Å². The Morgan fingerprint density at radius 2 is 2.00 bits per heavy atom. The summed E-state index contributed by atoms with van der Waals surface area (Å²) in [5.74, 6) is 0.396. The van der Waals surface area contributed by atoms with Gasteiger partial charge >= 0.3 is 0 Å². The van der Waals surface area contributed by atoms with Crippen LogP contribution >= 0.6 is 0 Å². The fraction of sp³-hybridized carbons (Fsp3) is 0.750. The van der Waals surface area contributed by atoms with Gasteiger partial charge in [0, 0.05) is 12.2 Å². The number of likely N-dealkylation sites (N-methyl/N-ethyl adjacent to an activating group) is 1. The molecule has 1 rings (SSSR count). The largest absolute Gasteiger partial charge is 0.330 e. The van der Waals surface area contributed by atoms with Gasteiger partial charge in [0.15, 0.2) is 0 Å². The van der Waals surface area contributed by atoms with E-state index in [1.54, 1.807) is 0 Å². The first-order valence-electron chi connectivity index (χ1n) is 5.86. The Hall–Kier alpha value is -0.870. The molecule has 1 aromatic rings. The summed E-state index contributed by atoms with van der Waals surface area (Å²) in [6.07, 6.45) is 0. The zero-order valence-corrected chi connectivity index (χ0v) is 11.1. The molecule has 0 aliphatic carbocycles. The lowest BCUT2D eigenvalue weighted by Crippen LogP contribution is -2.20. The molecule has 2 N–H and O–H groups in total. The van der Waals surface area contributed by atoms with Crippen molar-refractivity contribution < 1.29 is 0 Å². The Bertz CT molecular complexity index is 341. The Balaban J connectivity index is 2.88. The van der Waals surface area contributed by atoms with Crippen LogP contribution in [0.4, 0.5) is 0 Å². The predicted molar refractivity (Wildman–Crippen MR) is 67.7 cm³/mol. The van der Waals surface area contributed by atoms with Crippen LogP contribution in [-0.2, 0) is 6.54 Å². The van der Waals surface area contributed by atoms with E-state index in [4.69, 9.17) is 5.73 Å². The second-order valence-electron chi connectivity index (χ2n) is 4.75. The Kier molecular flexibility index (Phi) is 4.50. The molecule has 0 bridgehead atoms. The lowest BCUT2D eigenvalue weighted by atomic mass is 9.99. The van der Waals surface area contributed by atoms with Crippen LogP contribution in [-0.4, -0.2) is 41.9 Å². The Labute approximate surface area is 98.4 Å². The average Bonchev–Trinajstić information content (AvgIpc) is 2.50. The highest BCUT2D eigenvalue weighted by Crippen LogP contribution is 2.22. The highest BCUT2D eigenvalue weighted by atomic mass is 15.3. The lowest BCUT2D eigenvalue weighted by Gasteiger charge is -2.12. The molecule has 0 fully saturated rings. The van der Waals surface area contributed by atoms with Gasteiger partial charge in [0.1, 0.15) is 0 Å². The molecule has 0 aliphatic rings. The van der Waals surface area contributed by atoms with Crippen molar-refractivity contribution in [2.45, 2.75) is 33.2 Å². The van der Waals surface area contributed by atoms with Gasteiger partial charge in [-0.2, -0.15) is 5.10 Å². The second-order valence-corrected chi connectivity index (χ2v) is 4.75. The maximum absolute atomic E-state index is 5.73. The Morgan fingerprint density at radius 3 is 2.50 bits per heavy atom. The summed E-state index contributed by atoms with van der Waals surface area (Å²) >= 11 is 0. The summed E-state index contributed by atoms with van der Waals surface area (Å²) in [6.45, 7) is 9.00. The molecule has 4 heteroatoms. The van der Waals surface area contributed by atoms with Crippen molar-refractivity contribution in [2.75, 3.05) is 27.2 Å². The van der Waals surface area contributed by atoms with E-state index < -0.39 is 0 Å². The fourth-order valence-corrected chi connectivity index (χ4v) is 2.05. The SMILES string of the molecule is Cc1nn(CCN(C)C)c(C)c1C(C)CN. The molecule has 1 aromatic heterocycles. The third-order valence-electron chi connectivity index (χ3n) is 3.04. The first kappa shape index (κ1) is 13.2. The molecule has 0 saturated heterocycles. The first-order valence-corrected chi connectivity index (χ1v) is 5.86. The van der Waals surface area contributed by atoms with Crippen LogP contribution in [0.25, 0.3) is 0 Å². The summed E-state index contributed by atoms with van der Waals surface area (Å²) in [5.41, 5.74) is 9.43. The van der Waals surface area contributed by atoms with Gasteiger partial charge < -0.3 is 10.6 Å². The number of nitrogens with two attached hydrogens (primary N) is 1. The molecule has 1 atom stereocenters. The maximum Gasteiger partial charge on any atom is 0.0631 e. The fourth-order valence-electron chi connectivity index (χ4n) is 2.05. The minimum Gasteiger partial charge on any atom is -0.330 e. The van der Waals surface area contributed by atoms with Crippen molar-refractivity contribution in [2.24, 2.45) is 5.73 Å². The summed E-state index contributed by atoms with van der Waals surface area (Å²) in [5, 5.41) is 4.59. The van der Waals surface area contributed by atoms with E-state index in [2.05, 4.69) is 49.5 Å². The van der Waals surface area contributed by atoms with E-state index in [-0.39, 0.29) is 0 Å².